The van der Waals surface area contributed by atoms with E-state index in [0.717, 1.165) is 5.92 Å². The molecule has 0 spiro atoms. The second-order valence-corrected chi connectivity index (χ2v) is 5.92. The Morgan fingerprint density at radius 1 is 1.33 bits per heavy atom. The maximum atomic E-state index is 4.23. The smallest absolute Gasteiger partial charge is 0.0518 e. The van der Waals surface area contributed by atoms with Crippen LogP contribution >= 0.6 is 0 Å². The minimum Gasteiger partial charge on any atom is -0.307 e. The molecule has 0 aromatic heterocycles. The van der Waals surface area contributed by atoms with Crippen LogP contribution in [0.4, 0.5) is 0 Å². The summed E-state index contributed by atoms with van der Waals surface area (Å²) in [4.78, 5) is 0. The van der Waals surface area contributed by atoms with E-state index in [1.807, 2.05) is 0 Å². The lowest BCUT2D eigenvalue weighted by Gasteiger charge is -2.37. The average Bonchev–Trinajstić information content (AvgIpc) is 2.59. The van der Waals surface area contributed by atoms with Gasteiger partial charge in [0.25, 0.3) is 0 Å². The summed E-state index contributed by atoms with van der Waals surface area (Å²) in [5.41, 5.74) is 3.82. The van der Waals surface area contributed by atoms with Crippen LogP contribution in [0.3, 0.4) is 0 Å². The van der Waals surface area contributed by atoms with Crippen LogP contribution in [0.5, 0.6) is 0 Å². The minimum atomic E-state index is 0.551. The molecule has 0 aromatic carbocycles. The van der Waals surface area contributed by atoms with Gasteiger partial charge in [-0.25, -0.2) is 0 Å². The third-order valence-corrected chi connectivity index (χ3v) is 4.73. The minimum absolute atomic E-state index is 0.551. The zero-order chi connectivity index (χ0) is 10.9. The first-order valence-corrected chi connectivity index (χ1v) is 6.40. The predicted molar refractivity (Wildman–Crippen MR) is 64.9 cm³/mol. The van der Waals surface area contributed by atoms with E-state index in [-0.39, 0.29) is 0 Å². The van der Waals surface area contributed by atoms with Crippen LogP contribution in [0.2, 0.25) is 0 Å². The Kier molecular flexibility index (Phi) is 3.03. The quantitative estimate of drug-likeness (QED) is 0.703. The third kappa shape index (κ3) is 2.19. The number of fused-ring (bicyclic) bond motifs is 1. The van der Waals surface area contributed by atoms with Gasteiger partial charge in [-0.05, 0) is 37.0 Å². The summed E-state index contributed by atoms with van der Waals surface area (Å²) in [5.74, 6) is 1.51. The molecule has 86 valence electrons. The highest BCUT2D eigenvalue weighted by molar-refractivity contribution is 5.63. The monoisotopic (exact) mass is 208 g/mol. The lowest BCUT2D eigenvalue weighted by molar-refractivity contribution is 0.145. The predicted octanol–water partition coefficient (Wildman–Crippen LogP) is 3.19. The fraction of sp³-hybridized carbons (Fsp3) is 0.923. The molecule has 0 aromatic rings. The SMILES string of the molecule is CC(C)C1(C)CCCC2C=NNC2CC1. The van der Waals surface area contributed by atoms with Gasteiger partial charge >= 0.3 is 0 Å². The van der Waals surface area contributed by atoms with Crippen LogP contribution in [0, 0.1) is 17.3 Å². The Morgan fingerprint density at radius 2 is 2.13 bits per heavy atom. The molecule has 2 rings (SSSR count). The number of hydrogen-bond acceptors (Lipinski definition) is 2. The molecule has 0 radical (unpaired) electrons. The van der Waals surface area contributed by atoms with E-state index >= 15 is 0 Å². The van der Waals surface area contributed by atoms with E-state index in [1.165, 1.54) is 32.1 Å². The van der Waals surface area contributed by atoms with Gasteiger partial charge in [0.05, 0.1) is 6.04 Å². The first-order valence-electron chi connectivity index (χ1n) is 6.40. The standard InChI is InChI=1S/C13H24N2/c1-10(2)13(3)7-4-5-11-9-14-15-12(11)6-8-13/h9-12,15H,4-8H2,1-3H3. The summed E-state index contributed by atoms with van der Waals surface area (Å²) in [5, 5.41) is 4.23. The van der Waals surface area contributed by atoms with Gasteiger partial charge in [-0.1, -0.05) is 27.2 Å². The zero-order valence-electron chi connectivity index (χ0n) is 10.3. The van der Waals surface area contributed by atoms with E-state index in [9.17, 15) is 0 Å². The fourth-order valence-electron chi connectivity index (χ4n) is 2.92. The highest BCUT2D eigenvalue weighted by Gasteiger charge is 2.34. The molecular weight excluding hydrogens is 184 g/mol. The summed E-state index contributed by atoms with van der Waals surface area (Å²) in [6.45, 7) is 7.21. The van der Waals surface area contributed by atoms with Crippen LogP contribution in [0.1, 0.15) is 52.9 Å². The third-order valence-electron chi connectivity index (χ3n) is 4.73. The normalized spacial score (nSPS) is 40.8. The zero-order valence-corrected chi connectivity index (χ0v) is 10.3. The van der Waals surface area contributed by atoms with E-state index < -0.39 is 0 Å². The van der Waals surface area contributed by atoms with Crippen molar-refractivity contribution in [1.82, 2.24) is 5.43 Å². The molecule has 2 nitrogen and oxygen atoms in total. The van der Waals surface area contributed by atoms with E-state index in [2.05, 4.69) is 37.5 Å². The van der Waals surface area contributed by atoms with E-state index in [4.69, 9.17) is 0 Å². The largest absolute Gasteiger partial charge is 0.307 e. The van der Waals surface area contributed by atoms with Crippen LogP contribution in [-0.2, 0) is 0 Å². The molecule has 2 aliphatic rings. The fourth-order valence-corrected chi connectivity index (χ4v) is 2.92. The first kappa shape index (κ1) is 11.0. The van der Waals surface area contributed by atoms with Gasteiger partial charge in [0, 0.05) is 12.1 Å². The van der Waals surface area contributed by atoms with Crippen molar-refractivity contribution in [3.05, 3.63) is 0 Å². The second kappa shape index (κ2) is 4.15. The number of nitrogens with one attached hydrogen (secondary N) is 1. The lowest BCUT2D eigenvalue weighted by atomic mass is 9.68. The van der Waals surface area contributed by atoms with Crippen molar-refractivity contribution in [3.63, 3.8) is 0 Å². The van der Waals surface area contributed by atoms with Crippen molar-refractivity contribution < 1.29 is 0 Å². The molecule has 1 aliphatic heterocycles. The van der Waals surface area contributed by atoms with Gasteiger partial charge in [0.15, 0.2) is 0 Å². The molecule has 0 bridgehead atoms. The van der Waals surface area contributed by atoms with Crippen molar-refractivity contribution in [1.29, 1.82) is 0 Å². The summed E-state index contributed by atoms with van der Waals surface area (Å²) < 4.78 is 0. The summed E-state index contributed by atoms with van der Waals surface area (Å²) in [7, 11) is 0. The highest BCUT2D eigenvalue weighted by Crippen LogP contribution is 2.41. The summed E-state index contributed by atoms with van der Waals surface area (Å²) >= 11 is 0. The number of hydrogen-bond donors (Lipinski definition) is 1. The van der Waals surface area contributed by atoms with Crippen LogP contribution in [0.15, 0.2) is 5.10 Å². The van der Waals surface area contributed by atoms with Crippen LogP contribution < -0.4 is 5.43 Å². The molecule has 1 aliphatic carbocycles. The van der Waals surface area contributed by atoms with Gasteiger partial charge in [-0.15, -0.1) is 0 Å². The molecule has 2 heteroatoms. The van der Waals surface area contributed by atoms with Gasteiger partial charge < -0.3 is 5.43 Å². The second-order valence-electron chi connectivity index (χ2n) is 5.92. The average molecular weight is 208 g/mol. The maximum absolute atomic E-state index is 4.23. The molecule has 0 amide bonds. The summed E-state index contributed by atoms with van der Waals surface area (Å²) in [6.07, 6.45) is 8.85. The molecule has 3 atom stereocenters. The van der Waals surface area contributed by atoms with E-state index in [1.54, 1.807) is 0 Å². The Hall–Kier alpha value is -0.530. The lowest BCUT2D eigenvalue weighted by Crippen LogP contribution is -2.34. The Morgan fingerprint density at radius 3 is 2.87 bits per heavy atom. The topological polar surface area (TPSA) is 24.4 Å². The Bertz CT molecular complexity index is 247. The summed E-state index contributed by atoms with van der Waals surface area (Å²) in [6, 6.07) is 0.628. The van der Waals surface area contributed by atoms with Gasteiger partial charge in [0.2, 0.25) is 0 Å². The van der Waals surface area contributed by atoms with Crippen LogP contribution in [-0.4, -0.2) is 12.3 Å². The van der Waals surface area contributed by atoms with Crippen LogP contribution in [0.25, 0.3) is 0 Å². The molecule has 1 fully saturated rings. The van der Waals surface area contributed by atoms with Crippen molar-refractivity contribution in [3.8, 4) is 0 Å². The van der Waals surface area contributed by atoms with Crippen molar-refractivity contribution in [2.24, 2.45) is 22.4 Å². The first-order chi connectivity index (χ1) is 7.12. The number of rotatable bonds is 1. The molecule has 1 saturated carbocycles. The van der Waals surface area contributed by atoms with Crippen molar-refractivity contribution >= 4 is 6.21 Å². The van der Waals surface area contributed by atoms with Crippen molar-refractivity contribution in [2.75, 3.05) is 0 Å². The van der Waals surface area contributed by atoms with E-state index in [0.29, 0.717) is 17.4 Å². The number of nitrogens with zero attached hydrogens (tertiary/aromatic N) is 1. The molecule has 15 heavy (non-hydrogen) atoms. The maximum Gasteiger partial charge on any atom is 0.0518 e. The van der Waals surface area contributed by atoms with Crippen molar-refractivity contribution in [2.45, 2.75) is 58.9 Å². The highest BCUT2D eigenvalue weighted by atomic mass is 15.3. The number of hydrazone groups is 1. The molecular formula is C13H24N2. The molecule has 1 heterocycles. The molecule has 3 unspecified atom stereocenters. The van der Waals surface area contributed by atoms with Gasteiger partial charge in [-0.2, -0.15) is 5.10 Å². The van der Waals surface area contributed by atoms with Gasteiger partial charge in [-0.3, -0.25) is 0 Å². The van der Waals surface area contributed by atoms with Gasteiger partial charge in [0.1, 0.15) is 0 Å². The molecule has 0 saturated heterocycles. The molecule has 1 N–H and O–H groups in total. The Labute approximate surface area is 93.5 Å². The Balaban J connectivity index is 2.00.